The lowest BCUT2D eigenvalue weighted by Crippen LogP contribution is -2.21. The molecule has 4 rings (SSSR count). The van der Waals surface area contributed by atoms with Crippen LogP contribution in [0.25, 0.3) is 16.7 Å². The number of nitrogens with two attached hydrogens (primary N) is 1. The molecule has 2 heterocycles. The van der Waals surface area contributed by atoms with Crippen LogP contribution in [0.2, 0.25) is 0 Å². The number of aliphatic hydroxyl groups excluding tert-OH is 1. The number of amides is 1. The van der Waals surface area contributed by atoms with Gasteiger partial charge >= 0.3 is 6.18 Å². The molecule has 0 aliphatic heterocycles. The van der Waals surface area contributed by atoms with Gasteiger partial charge in [-0.25, -0.2) is 19.0 Å². The molecule has 0 saturated carbocycles. The summed E-state index contributed by atoms with van der Waals surface area (Å²) in [6, 6.07) is 6.22. The van der Waals surface area contributed by atoms with Crippen molar-refractivity contribution in [2.45, 2.75) is 26.1 Å². The SMILES string of the molecule is Cc1cc(NC(=O)[C@H](O)c2cc(F)cc(C(F)(F)F)c2)ccc1-n1nc(C)c2ncnc(N)c21. The van der Waals surface area contributed by atoms with E-state index < -0.39 is 35.1 Å². The summed E-state index contributed by atoms with van der Waals surface area (Å²) in [7, 11) is 0. The summed E-state index contributed by atoms with van der Waals surface area (Å²) < 4.78 is 54.0. The van der Waals surface area contributed by atoms with E-state index in [1.165, 1.54) is 12.4 Å². The number of carbonyl (C=O) groups excluding carboxylic acids is 1. The van der Waals surface area contributed by atoms with Gasteiger partial charge in [0, 0.05) is 5.69 Å². The number of hydrogen-bond donors (Lipinski definition) is 3. The highest BCUT2D eigenvalue weighted by Gasteiger charge is 2.32. The largest absolute Gasteiger partial charge is 0.416 e. The van der Waals surface area contributed by atoms with Crippen molar-refractivity contribution in [3.05, 3.63) is 70.9 Å². The molecule has 8 nitrogen and oxygen atoms in total. The molecule has 4 N–H and O–H groups in total. The first-order chi connectivity index (χ1) is 16.0. The van der Waals surface area contributed by atoms with E-state index in [0.29, 0.717) is 40.1 Å². The summed E-state index contributed by atoms with van der Waals surface area (Å²) in [4.78, 5) is 20.6. The number of nitrogens with one attached hydrogen (secondary N) is 1. The van der Waals surface area contributed by atoms with E-state index >= 15 is 0 Å². The van der Waals surface area contributed by atoms with Crippen molar-refractivity contribution in [3.8, 4) is 5.69 Å². The van der Waals surface area contributed by atoms with Gasteiger partial charge in [0.2, 0.25) is 0 Å². The first kappa shape index (κ1) is 23.1. The fourth-order valence-corrected chi connectivity index (χ4v) is 3.55. The van der Waals surface area contributed by atoms with Gasteiger partial charge in [-0.15, -0.1) is 0 Å². The number of aromatic nitrogens is 4. The standard InChI is InChI=1S/C22H18F4N6O2/c1-10-5-15(3-4-16(10)32-18-17(11(2)31-32)28-9-29-20(18)27)30-21(34)19(33)12-6-13(22(24,25)26)8-14(23)7-12/h3-9,19,33H,1-2H3,(H,30,34)(H2,27,28,29)/t19-/m1/s1. The predicted octanol–water partition coefficient (Wildman–Crippen LogP) is 3.84. The molecule has 176 valence electrons. The molecule has 0 spiro atoms. The highest BCUT2D eigenvalue weighted by Crippen LogP contribution is 2.32. The highest BCUT2D eigenvalue weighted by atomic mass is 19.4. The Balaban J connectivity index is 1.61. The van der Waals surface area contributed by atoms with Crippen LogP contribution in [0.4, 0.5) is 29.1 Å². The second kappa shape index (κ2) is 8.37. The van der Waals surface area contributed by atoms with E-state index in [0.717, 1.165) is 0 Å². The van der Waals surface area contributed by atoms with Crippen molar-refractivity contribution in [2.75, 3.05) is 11.1 Å². The molecule has 1 atom stereocenters. The van der Waals surface area contributed by atoms with E-state index in [1.807, 2.05) is 0 Å². The summed E-state index contributed by atoms with van der Waals surface area (Å²) >= 11 is 0. The highest BCUT2D eigenvalue weighted by molar-refractivity contribution is 5.95. The molecule has 2 aromatic heterocycles. The molecule has 12 heteroatoms. The number of fused-ring (bicyclic) bond motifs is 1. The Bertz CT molecular complexity index is 1420. The summed E-state index contributed by atoms with van der Waals surface area (Å²) in [6.07, 6.45) is -5.51. The molecule has 0 fully saturated rings. The van der Waals surface area contributed by atoms with E-state index in [4.69, 9.17) is 5.73 Å². The van der Waals surface area contributed by atoms with Crippen molar-refractivity contribution in [1.82, 2.24) is 19.7 Å². The van der Waals surface area contributed by atoms with Gasteiger partial charge in [0.05, 0.1) is 16.9 Å². The van der Waals surface area contributed by atoms with Crippen LogP contribution in [-0.2, 0) is 11.0 Å². The average molecular weight is 474 g/mol. The summed E-state index contributed by atoms with van der Waals surface area (Å²) in [6.45, 7) is 3.51. The lowest BCUT2D eigenvalue weighted by molar-refractivity contribution is -0.138. The average Bonchev–Trinajstić information content (AvgIpc) is 3.10. The maximum atomic E-state index is 13.6. The van der Waals surface area contributed by atoms with Gasteiger partial charge in [0.15, 0.2) is 11.9 Å². The number of carbonyl (C=O) groups is 1. The van der Waals surface area contributed by atoms with Crippen LogP contribution in [-0.4, -0.2) is 30.8 Å². The second-order valence-electron chi connectivity index (χ2n) is 7.62. The molecule has 0 unspecified atom stereocenters. The van der Waals surface area contributed by atoms with Crippen molar-refractivity contribution >= 4 is 28.4 Å². The van der Waals surface area contributed by atoms with Gasteiger partial charge in [0.25, 0.3) is 5.91 Å². The molecule has 4 aromatic rings. The third kappa shape index (κ3) is 4.27. The van der Waals surface area contributed by atoms with Crippen LogP contribution in [0.1, 0.15) is 28.5 Å². The lowest BCUT2D eigenvalue weighted by atomic mass is 10.0. The number of nitrogens with zero attached hydrogens (tertiary/aromatic N) is 4. The zero-order chi connectivity index (χ0) is 24.8. The zero-order valence-electron chi connectivity index (χ0n) is 17.9. The van der Waals surface area contributed by atoms with Crippen LogP contribution in [0, 0.1) is 19.7 Å². The Labute approximate surface area is 190 Å². The van der Waals surface area contributed by atoms with Crippen LogP contribution in [0.15, 0.2) is 42.7 Å². The normalized spacial score (nSPS) is 12.7. The van der Waals surface area contributed by atoms with Crippen LogP contribution < -0.4 is 11.1 Å². The third-order valence-electron chi connectivity index (χ3n) is 5.16. The fourth-order valence-electron chi connectivity index (χ4n) is 3.55. The maximum absolute atomic E-state index is 13.6. The molecular formula is C22H18F4N6O2. The van der Waals surface area contributed by atoms with Crippen LogP contribution in [0.3, 0.4) is 0 Å². The Morgan fingerprint density at radius 1 is 1.15 bits per heavy atom. The Kier molecular flexibility index (Phi) is 5.69. The minimum atomic E-state index is -4.83. The fraction of sp³-hybridized carbons (Fsp3) is 0.182. The number of nitrogen functional groups attached to an aromatic ring is 1. The maximum Gasteiger partial charge on any atom is 0.416 e. The number of rotatable bonds is 4. The van der Waals surface area contributed by atoms with E-state index in [-0.39, 0.29) is 17.6 Å². The van der Waals surface area contributed by atoms with Gasteiger partial charge in [-0.3, -0.25) is 4.79 Å². The van der Waals surface area contributed by atoms with E-state index in [2.05, 4.69) is 20.4 Å². The Hall–Kier alpha value is -4.06. The summed E-state index contributed by atoms with van der Waals surface area (Å²) in [5.74, 6) is -2.01. The minimum Gasteiger partial charge on any atom is -0.382 e. The smallest absolute Gasteiger partial charge is 0.382 e. The lowest BCUT2D eigenvalue weighted by Gasteiger charge is -2.15. The number of anilines is 2. The second-order valence-corrected chi connectivity index (χ2v) is 7.62. The quantitative estimate of drug-likeness (QED) is 0.387. The number of benzene rings is 2. The predicted molar refractivity (Wildman–Crippen MR) is 116 cm³/mol. The molecule has 0 aliphatic carbocycles. The van der Waals surface area contributed by atoms with Crippen LogP contribution in [0.5, 0.6) is 0 Å². The summed E-state index contributed by atoms with van der Waals surface area (Å²) in [5.41, 5.74) is 7.45. The monoisotopic (exact) mass is 474 g/mol. The van der Waals surface area contributed by atoms with E-state index in [1.54, 1.807) is 30.7 Å². The molecule has 1 amide bonds. The first-order valence-electron chi connectivity index (χ1n) is 9.89. The van der Waals surface area contributed by atoms with Crippen molar-refractivity contribution < 1.29 is 27.5 Å². The summed E-state index contributed by atoms with van der Waals surface area (Å²) in [5, 5.41) is 17.1. The minimum absolute atomic E-state index is 0.235. The zero-order valence-corrected chi connectivity index (χ0v) is 17.9. The van der Waals surface area contributed by atoms with Gasteiger partial charge in [-0.1, -0.05) is 0 Å². The van der Waals surface area contributed by atoms with E-state index in [9.17, 15) is 27.5 Å². The molecular weight excluding hydrogens is 456 g/mol. The number of alkyl halides is 3. The number of aliphatic hydroxyl groups is 1. The number of halogens is 4. The van der Waals surface area contributed by atoms with Crippen molar-refractivity contribution in [1.29, 1.82) is 0 Å². The Morgan fingerprint density at radius 2 is 1.88 bits per heavy atom. The molecule has 0 radical (unpaired) electrons. The van der Waals surface area contributed by atoms with Gasteiger partial charge in [0.1, 0.15) is 23.2 Å². The Morgan fingerprint density at radius 3 is 2.56 bits per heavy atom. The molecule has 0 saturated heterocycles. The molecule has 0 bridgehead atoms. The molecule has 2 aromatic carbocycles. The van der Waals surface area contributed by atoms with Gasteiger partial charge in [-0.2, -0.15) is 18.3 Å². The van der Waals surface area contributed by atoms with Gasteiger partial charge in [-0.05, 0) is 61.4 Å². The number of hydrogen-bond acceptors (Lipinski definition) is 6. The molecule has 0 aliphatic rings. The molecule has 34 heavy (non-hydrogen) atoms. The first-order valence-corrected chi connectivity index (χ1v) is 9.89. The third-order valence-corrected chi connectivity index (χ3v) is 5.16. The van der Waals surface area contributed by atoms with Crippen molar-refractivity contribution in [3.63, 3.8) is 0 Å². The van der Waals surface area contributed by atoms with Crippen LogP contribution >= 0.6 is 0 Å². The topological polar surface area (TPSA) is 119 Å². The van der Waals surface area contributed by atoms with Gasteiger partial charge < -0.3 is 16.2 Å². The van der Waals surface area contributed by atoms with Crippen molar-refractivity contribution in [2.24, 2.45) is 0 Å². The number of aryl methyl sites for hydroxylation is 2.